The minimum Gasteiger partial charge on any atom is -0.480 e. The molecule has 12 nitrogen and oxygen atoms in total. The van der Waals surface area contributed by atoms with Gasteiger partial charge in [-0.25, -0.2) is 0 Å². The van der Waals surface area contributed by atoms with Gasteiger partial charge in [0.25, 0.3) is 0 Å². The number of carboxylic acids is 1. The summed E-state index contributed by atoms with van der Waals surface area (Å²) in [4.78, 5) is 56.1. The van der Waals surface area contributed by atoms with Crippen LogP contribution in [0.15, 0.2) is 0 Å². The minimum atomic E-state index is -1.40. The van der Waals surface area contributed by atoms with Gasteiger partial charge in [-0.15, -0.1) is 0 Å². The summed E-state index contributed by atoms with van der Waals surface area (Å²) in [6.07, 6.45) is -1.38. The van der Waals surface area contributed by atoms with Gasteiger partial charge in [0.15, 0.2) is 0 Å². The van der Waals surface area contributed by atoms with Crippen LogP contribution in [0.5, 0.6) is 0 Å². The van der Waals surface area contributed by atoms with E-state index in [1.807, 2.05) is 5.32 Å². The largest absolute Gasteiger partial charge is 0.480 e. The van der Waals surface area contributed by atoms with E-state index in [2.05, 4.69) is 10.6 Å². The van der Waals surface area contributed by atoms with Gasteiger partial charge in [-0.3, -0.25) is 24.0 Å². The number of aliphatic carboxylic acids is 1. The molecule has 25 heavy (non-hydrogen) atoms. The second-order valence-electron chi connectivity index (χ2n) is 5.23. The van der Waals surface area contributed by atoms with Crippen LogP contribution < -0.4 is 27.4 Å². The third kappa shape index (κ3) is 9.88. The van der Waals surface area contributed by atoms with Gasteiger partial charge in [0.1, 0.15) is 12.6 Å². The number of aliphatic hydroxyl groups excluding tert-OH is 1. The van der Waals surface area contributed by atoms with Crippen LogP contribution >= 0.6 is 0 Å². The fourth-order valence-corrected chi connectivity index (χ4v) is 1.63. The van der Waals surface area contributed by atoms with Crippen LogP contribution in [0.1, 0.15) is 19.8 Å². The second-order valence-corrected chi connectivity index (χ2v) is 5.23. The molecule has 9 N–H and O–H groups in total. The van der Waals surface area contributed by atoms with Crippen LogP contribution in [0, 0.1) is 0 Å². The summed E-state index contributed by atoms with van der Waals surface area (Å²) < 4.78 is 0. The molecule has 12 heteroatoms. The number of rotatable bonds is 11. The van der Waals surface area contributed by atoms with Crippen LogP contribution in [0.3, 0.4) is 0 Å². The Kier molecular flexibility index (Phi) is 9.74. The van der Waals surface area contributed by atoms with Crippen molar-refractivity contribution in [3.05, 3.63) is 0 Å². The molecule has 0 saturated carbocycles. The number of hydrogen-bond acceptors (Lipinski definition) is 7. The zero-order valence-corrected chi connectivity index (χ0v) is 13.7. The second kappa shape index (κ2) is 10.9. The zero-order chi connectivity index (χ0) is 19.6. The van der Waals surface area contributed by atoms with Crippen LogP contribution in [-0.4, -0.2) is 71.1 Å². The Labute approximate surface area is 143 Å². The molecular weight excluding hydrogens is 338 g/mol. The van der Waals surface area contributed by atoms with Crippen molar-refractivity contribution in [1.82, 2.24) is 16.0 Å². The Hall–Kier alpha value is -2.73. The first-order chi connectivity index (χ1) is 11.5. The Morgan fingerprint density at radius 1 is 1.04 bits per heavy atom. The lowest BCUT2D eigenvalue weighted by Gasteiger charge is -2.20. The molecule has 0 aliphatic carbocycles. The maximum atomic E-state index is 11.7. The highest BCUT2D eigenvalue weighted by molar-refractivity contribution is 5.92. The first-order valence-corrected chi connectivity index (χ1v) is 7.33. The Morgan fingerprint density at radius 3 is 2.08 bits per heavy atom. The van der Waals surface area contributed by atoms with E-state index < -0.39 is 60.9 Å². The molecule has 0 aliphatic rings. The van der Waals surface area contributed by atoms with Gasteiger partial charge in [-0.1, -0.05) is 0 Å². The summed E-state index contributed by atoms with van der Waals surface area (Å²) in [5.74, 6) is -4.29. The monoisotopic (exact) mass is 361 g/mol. The fourth-order valence-electron chi connectivity index (χ4n) is 1.63. The third-order valence-electron chi connectivity index (χ3n) is 2.96. The molecule has 0 spiro atoms. The molecule has 142 valence electrons. The van der Waals surface area contributed by atoms with E-state index in [1.54, 1.807) is 0 Å². The molecule has 0 bridgehead atoms. The SMILES string of the molecule is CC(O)C(NC(=O)CNC(=O)C(N)CCC(N)=O)C(=O)NCC(=O)O. The first-order valence-electron chi connectivity index (χ1n) is 7.33. The van der Waals surface area contributed by atoms with Crippen molar-refractivity contribution >= 4 is 29.6 Å². The number of primary amides is 1. The van der Waals surface area contributed by atoms with E-state index in [0.29, 0.717) is 0 Å². The summed E-state index contributed by atoms with van der Waals surface area (Å²) in [5, 5.41) is 24.4. The number of amides is 4. The normalized spacial score (nSPS) is 13.9. The fraction of sp³-hybridized carbons (Fsp3) is 0.615. The maximum Gasteiger partial charge on any atom is 0.322 e. The molecule has 0 aromatic heterocycles. The number of nitrogens with one attached hydrogen (secondary N) is 3. The molecule has 3 unspecified atom stereocenters. The van der Waals surface area contributed by atoms with E-state index in [-0.39, 0.29) is 12.8 Å². The van der Waals surface area contributed by atoms with E-state index >= 15 is 0 Å². The van der Waals surface area contributed by atoms with Gasteiger partial charge in [0.2, 0.25) is 23.6 Å². The first kappa shape index (κ1) is 22.3. The molecule has 0 aliphatic heterocycles. The van der Waals surface area contributed by atoms with Crippen molar-refractivity contribution in [3.8, 4) is 0 Å². The number of carbonyl (C=O) groups is 5. The maximum absolute atomic E-state index is 11.7. The Balaban J connectivity index is 4.43. The molecule has 3 atom stereocenters. The molecule has 0 fully saturated rings. The van der Waals surface area contributed by atoms with Gasteiger partial charge >= 0.3 is 5.97 Å². The topological polar surface area (TPSA) is 214 Å². The molecule has 0 radical (unpaired) electrons. The average molecular weight is 361 g/mol. The third-order valence-corrected chi connectivity index (χ3v) is 2.96. The highest BCUT2D eigenvalue weighted by atomic mass is 16.4. The Morgan fingerprint density at radius 2 is 1.60 bits per heavy atom. The summed E-state index contributed by atoms with van der Waals surface area (Å²) >= 11 is 0. The van der Waals surface area contributed by atoms with Crippen molar-refractivity contribution < 1.29 is 34.2 Å². The standard InChI is InChI=1S/C13H23N5O7/c1-6(19)11(13(25)17-5-10(22)23)18-9(21)4-16-12(24)7(14)2-3-8(15)20/h6-7,11,19H,2-5,14H2,1H3,(H2,15,20)(H,16,24)(H,17,25)(H,18,21)(H,22,23). The van der Waals surface area contributed by atoms with Gasteiger partial charge in [-0.05, 0) is 13.3 Å². The smallest absolute Gasteiger partial charge is 0.322 e. The number of hydrogen-bond donors (Lipinski definition) is 7. The van der Waals surface area contributed by atoms with E-state index in [9.17, 15) is 29.1 Å². The molecule has 0 saturated heterocycles. The molecule has 0 heterocycles. The molecular formula is C13H23N5O7. The molecule has 0 rings (SSSR count). The van der Waals surface area contributed by atoms with Crippen molar-refractivity contribution in [2.75, 3.05) is 13.1 Å². The van der Waals surface area contributed by atoms with Crippen molar-refractivity contribution in [3.63, 3.8) is 0 Å². The van der Waals surface area contributed by atoms with Gasteiger partial charge in [0.05, 0.1) is 18.7 Å². The number of carbonyl (C=O) groups excluding carboxylic acids is 4. The lowest BCUT2D eigenvalue weighted by atomic mass is 10.1. The van der Waals surface area contributed by atoms with E-state index in [4.69, 9.17) is 16.6 Å². The predicted molar refractivity (Wildman–Crippen MR) is 83.7 cm³/mol. The molecule has 0 aromatic rings. The lowest BCUT2D eigenvalue weighted by Crippen LogP contribution is -2.55. The number of aliphatic hydroxyl groups is 1. The molecule has 0 aromatic carbocycles. The van der Waals surface area contributed by atoms with Crippen LogP contribution in [0.25, 0.3) is 0 Å². The summed E-state index contributed by atoms with van der Waals surface area (Å²) in [7, 11) is 0. The quantitative estimate of drug-likeness (QED) is 0.191. The summed E-state index contributed by atoms with van der Waals surface area (Å²) in [5.41, 5.74) is 10.4. The molecule has 4 amide bonds. The van der Waals surface area contributed by atoms with Crippen molar-refractivity contribution in [1.29, 1.82) is 0 Å². The summed E-state index contributed by atoms with van der Waals surface area (Å²) in [6, 6.07) is -2.43. The number of nitrogens with two attached hydrogens (primary N) is 2. The van der Waals surface area contributed by atoms with Crippen LogP contribution in [-0.2, 0) is 24.0 Å². The van der Waals surface area contributed by atoms with Gasteiger partial charge in [0, 0.05) is 6.42 Å². The zero-order valence-electron chi connectivity index (χ0n) is 13.7. The van der Waals surface area contributed by atoms with Crippen molar-refractivity contribution in [2.45, 2.75) is 38.0 Å². The van der Waals surface area contributed by atoms with E-state index in [0.717, 1.165) is 0 Å². The van der Waals surface area contributed by atoms with E-state index in [1.165, 1.54) is 6.92 Å². The predicted octanol–water partition coefficient (Wildman–Crippen LogP) is -4.24. The Bertz CT molecular complexity index is 523. The van der Waals surface area contributed by atoms with Gasteiger partial charge in [-0.2, -0.15) is 0 Å². The van der Waals surface area contributed by atoms with Crippen LogP contribution in [0.2, 0.25) is 0 Å². The lowest BCUT2D eigenvalue weighted by molar-refractivity contribution is -0.139. The number of carboxylic acid groups (broad SMARTS) is 1. The minimum absolute atomic E-state index is 0.0106. The highest BCUT2D eigenvalue weighted by Gasteiger charge is 2.26. The highest BCUT2D eigenvalue weighted by Crippen LogP contribution is 1.95. The van der Waals surface area contributed by atoms with Crippen molar-refractivity contribution in [2.24, 2.45) is 11.5 Å². The summed E-state index contributed by atoms with van der Waals surface area (Å²) in [6.45, 7) is 0.0194. The van der Waals surface area contributed by atoms with Gasteiger partial charge < -0.3 is 37.6 Å². The van der Waals surface area contributed by atoms with Crippen LogP contribution in [0.4, 0.5) is 0 Å². The average Bonchev–Trinajstić information content (AvgIpc) is 2.52.